The fourth-order valence-electron chi connectivity index (χ4n) is 2.09. The molecule has 1 aromatic carbocycles. The van der Waals surface area contributed by atoms with Crippen LogP contribution in [0.5, 0.6) is 0 Å². The van der Waals surface area contributed by atoms with Crippen molar-refractivity contribution in [3.63, 3.8) is 0 Å². The molecule has 2 rings (SSSR count). The molecule has 1 aliphatic rings. The highest BCUT2D eigenvalue weighted by atomic mass is 35.5. The van der Waals surface area contributed by atoms with Crippen LogP contribution in [0.3, 0.4) is 0 Å². The van der Waals surface area contributed by atoms with Gasteiger partial charge in [-0.2, -0.15) is 4.31 Å². The Morgan fingerprint density at radius 1 is 1.48 bits per heavy atom. The highest BCUT2D eigenvalue weighted by molar-refractivity contribution is 7.89. The molecule has 1 atom stereocenters. The van der Waals surface area contributed by atoms with E-state index in [0.717, 1.165) is 16.4 Å². The van der Waals surface area contributed by atoms with E-state index in [-0.39, 0.29) is 29.4 Å². The minimum absolute atomic E-state index is 0.0652. The molecule has 0 amide bonds. The summed E-state index contributed by atoms with van der Waals surface area (Å²) in [6.45, 7) is -0.0795. The molecule has 1 heterocycles. The molecule has 0 bridgehead atoms. The number of aliphatic carboxylic acids is 1. The molecule has 1 N–H and O–H groups in total. The average Bonchev–Trinajstić information content (AvgIpc) is 2.89. The first-order valence-electron chi connectivity index (χ1n) is 5.90. The van der Waals surface area contributed by atoms with Gasteiger partial charge in [0, 0.05) is 19.2 Å². The molecule has 1 unspecified atom stereocenters. The first-order valence-corrected chi connectivity index (χ1v) is 7.72. The summed E-state index contributed by atoms with van der Waals surface area (Å²) in [5.74, 6) is -1.82. The molecule has 0 radical (unpaired) electrons. The standard InChI is InChI=1S/C11H11ClN2O6S/c12-9-2-1-8(5-10(9)14(17)18)21(19,20)13-4-3-7(6-13)11(15)16/h1-2,5,7H,3-4,6H2,(H,15,16). The fourth-order valence-corrected chi connectivity index (χ4v) is 3.80. The van der Waals surface area contributed by atoms with Crippen LogP contribution < -0.4 is 0 Å². The second-order valence-electron chi connectivity index (χ2n) is 4.56. The lowest BCUT2D eigenvalue weighted by Crippen LogP contribution is -2.30. The maximum absolute atomic E-state index is 12.4. The molecule has 10 heteroatoms. The van der Waals surface area contributed by atoms with Crippen LogP contribution in [-0.4, -0.2) is 41.8 Å². The zero-order chi connectivity index (χ0) is 15.8. The van der Waals surface area contributed by atoms with E-state index in [0.29, 0.717) is 0 Å². The molecule has 1 aromatic rings. The molecule has 21 heavy (non-hydrogen) atoms. The maximum Gasteiger partial charge on any atom is 0.307 e. The Balaban J connectivity index is 2.35. The van der Waals surface area contributed by atoms with Gasteiger partial charge in [0.1, 0.15) is 5.02 Å². The quantitative estimate of drug-likeness (QED) is 0.655. The number of nitro groups is 1. The number of nitro benzene ring substituents is 1. The Morgan fingerprint density at radius 2 is 2.14 bits per heavy atom. The maximum atomic E-state index is 12.4. The zero-order valence-electron chi connectivity index (χ0n) is 10.6. The number of nitrogens with zero attached hydrogens (tertiary/aromatic N) is 2. The minimum Gasteiger partial charge on any atom is -0.481 e. The van der Waals surface area contributed by atoms with Gasteiger partial charge in [-0.05, 0) is 18.6 Å². The van der Waals surface area contributed by atoms with Crippen molar-refractivity contribution in [3.05, 3.63) is 33.3 Å². The monoisotopic (exact) mass is 334 g/mol. The van der Waals surface area contributed by atoms with E-state index in [1.165, 1.54) is 6.07 Å². The first kappa shape index (κ1) is 15.7. The van der Waals surface area contributed by atoms with E-state index in [1.54, 1.807) is 0 Å². The Bertz CT molecular complexity index is 705. The highest BCUT2D eigenvalue weighted by Crippen LogP contribution is 2.30. The van der Waals surface area contributed by atoms with Crippen molar-refractivity contribution in [2.45, 2.75) is 11.3 Å². The normalized spacial score (nSPS) is 19.6. The van der Waals surface area contributed by atoms with Gasteiger partial charge in [0.05, 0.1) is 15.7 Å². The lowest BCUT2D eigenvalue weighted by Gasteiger charge is -2.15. The van der Waals surface area contributed by atoms with E-state index in [4.69, 9.17) is 16.7 Å². The van der Waals surface area contributed by atoms with Gasteiger partial charge in [0.15, 0.2) is 0 Å². The van der Waals surface area contributed by atoms with Crippen LogP contribution in [-0.2, 0) is 14.8 Å². The summed E-state index contributed by atoms with van der Waals surface area (Å²) in [5.41, 5.74) is -0.508. The molecule has 114 valence electrons. The second kappa shape index (κ2) is 5.58. The summed E-state index contributed by atoms with van der Waals surface area (Å²) in [7, 11) is -3.97. The number of sulfonamides is 1. The number of carboxylic acids is 1. The van der Waals surface area contributed by atoms with Gasteiger partial charge in [0.25, 0.3) is 5.69 Å². The van der Waals surface area contributed by atoms with E-state index in [1.807, 2.05) is 0 Å². The minimum atomic E-state index is -3.97. The van der Waals surface area contributed by atoms with Crippen molar-refractivity contribution in [2.24, 2.45) is 5.92 Å². The van der Waals surface area contributed by atoms with E-state index in [9.17, 15) is 23.3 Å². The van der Waals surface area contributed by atoms with Crippen LogP contribution in [0.4, 0.5) is 5.69 Å². The Kier molecular flexibility index (Phi) is 4.17. The average molecular weight is 335 g/mol. The number of halogens is 1. The van der Waals surface area contributed by atoms with Gasteiger partial charge < -0.3 is 5.11 Å². The molecular formula is C11H11ClN2O6S. The van der Waals surface area contributed by atoms with E-state index >= 15 is 0 Å². The fraction of sp³-hybridized carbons (Fsp3) is 0.364. The predicted octanol–water partition coefficient (Wildman–Crippen LogP) is 1.34. The number of rotatable bonds is 4. The van der Waals surface area contributed by atoms with Crippen LogP contribution in [0.15, 0.2) is 23.1 Å². The van der Waals surface area contributed by atoms with Crippen LogP contribution in [0.25, 0.3) is 0 Å². The molecule has 0 saturated carbocycles. The van der Waals surface area contributed by atoms with Crippen LogP contribution in [0.1, 0.15) is 6.42 Å². The first-order chi connectivity index (χ1) is 9.73. The van der Waals surface area contributed by atoms with Gasteiger partial charge >= 0.3 is 5.97 Å². The van der Waals surface area contributed by atoms with Crippen LogP contribution in [0.2, 0.25) is 5.02 Å². The predicted molar refractivity (Wildman–Crippen MR) is 72.6 cm³/mol. The summed E-state index contributed by atoms with van der Waals surface area (Å²) in [5, 5.41) is 19.5. The smallest absolute Gasteiger partial charge is 0.307 e. The van der Waals surface area contributed by atoms with Crippen molar-refractivity contribution >= 4 is 33.3 Å². The van der Waals surface area contributed by atoms with Crippen molar-refractivity contribution in [1.29, 1.82) is 0 Å². The molecule has 8 nitrogen and oxygen atoms in total. The topological polar surface area (TPSA) is 118 Å². The molecule has 0 spiro atoms. The number of carbonyl (C=O) groups is 1. The summed E-state index contributed by atoms with van der Waals surface area (Å²) in [6, 6.07) is 3.18. The van der Waals surface area contributed by atoms with Gasteiger partial charge in [0.2, 0.25) is 10.0 Å². The highest BCUT2D eigenvalue weighted by Gasteiger charge is 2.36. The lowest BCUT2D eigenvalue weighted by molar-refractivity contribution is -0.384. The van der Waals surface area contributed by atoms with Crippen LogP contribution >= 0.6 is 11.6 Å². The summed E-state index contributed by atoms with van der Waals surface area (Å²) < 4.78 is 25.7. The summed E-state index contributed by atoms with van der Waals surface area (Å²) in [4.78, 5) is 20.6. The molecule has 0 aliphatic carbocycles. The molecule has 1 fully saturated rings. The second-order valence-corrected chi connectivity index (χ2v) is 6.90. The Hall–Kier alpha value is -1.71. The zero-order valence-corrected chi connectivity index (χ0v) is 12.2. The Labute approximate surface area is 125 Å². The molecular weight excluding hydrogens is 324 g/mol. The molecule has 1 saturated heterocycles. The van der Waals surface area contributed by atoms with Gasteiger partial charge in [-0.3, -0.25) is 14.9 Å². The summed E-state index contributed by atoms with van der Waals surface area (Å²) >= 11 is 5.64. The van der Waals surface area contributed by atoms with Gasteiger partial charge in [-0.25, -0.2) is 8.42 Å². The number of hydrogen-bond donors (Lipinski definition) is 1. The largest absolute Gasteiger partial charge is 0.481 e. The summed E-state index contributed by atoms with van der Waals surface area (Å²) in [6.07, 6.45) is 0.213. The Morgan fingerprint density at radius 3 is 2.67 bits per heavy atom. The number of hydrogen-bond acceptors (Lipinski definition) is 5. The van der Waals surface area contributed by atoms with Gasteiger partial charge in [-0.1, -0.05) is 11.6 Å². The third kappa shape index (κ3) is 2.99. The SMILES string of the molecule is O=C(O)C1CCN(S(=O)(=O)c2ccc(Cl)c([N+](=O)[O-])c2)C1. The third-order valence-electron chi connectivity index (χ3n) is 3.25. The van der Waals surface area contributed by atoms with E-state index in [2.05, 4.69) is 0 Å². The third-order valence-corrected chi connectivity index (χ3v) is 5.43. The van der Waals surface area contributed by atoms with Gasteiger partial charge in [-0.15, -0.1) is 0 Å². The van der Waals surface area contributed by atoms with Crippen molar-refractivity contribution < 1.29 is 23.2 Å². The van der Waals surface area contributed by atoms with Crippen molar-refractivity contribution in [1.82, 2.24) is 4.31 Å². The molecule has 0 aromatic heterocycles. The number of benzene rings is 1. The molecule has 1 aliphatic heterocycles. The van der Waals surface area contributed by atoms with E-state index < -0.39 is 32.5 Å². The number of carboxylic acid groups (broad SMARTS) is 1. The van der Waals surface area contributed by atoms with Crippen molar-refractivity contribution in [3.8, 4) is 0 Å². The van der Waals surface area contributed by atoms with Crippen LogP contribution in [0, 0.1) is 16.0 Å². The lowest BCUT2D eigenvalue weighted by atomic mass is 10.1. The van der Waals surface area contributed by atoms with Crippen molar-refractivity contribution in [2.75, 3.05) is 13.1 Å².